The third-order valence-electron chi connectivity index (χ3n) is 3.72. The Kier molecular flexibility index (Phi) is 6.09. The van der Waals surface area contributed by atoms with Crippen LogP contribution in [0.3, 0.4) is 0 Å². The maximum atomic E-state index is 12.1. The zero-order valence-corrected chi connectivity index (χ0v) is 14.7. The van der Waals surface area contributed by atoms with Crippen LogP contribution in [0.5, 0.6) is 11.5 Å². The highest BCUT2D eigenvalue weighted by atomic mass is 35.5. The van der Waals surface area contributed by atoms with Crippen LogP contribution in [0.4, 0.5) is 5.69 Å². The maximum Gasteiger partial charge on any atom is 0.335 e. The molecule has 136 valence electrons. The summed E-state index contributed by atoms with van der Waals surface area (Å²) in [5.41, 5.74) is 0.388. The van der Waals surface area contributed by atoms with Crippen LogP contribution in [-0.4, -0.2) is 31.2 Å². The number of halogens is 1. The van der Waals surface area contributed by atoms with Gasteiger partial charge in [0, 0.05) is 11.6 Å². The molecule has 2 aromatic rings. The first-order valence-corrected chi connectivity index (χ1v) is 8.60. The number of hydrogen-bond donors (Lipinski definition) is 1. The minimum absolute atomic E-state index is 0.388. The first-order valence-electron chi connectivity index (χ1n) is 8.22. The molecule has 0 saturated carbocycles. The Morgan fingerprint density at radius 3 is 2.73 bits per heavy atom. The fourth-order valence-electron chi connectivity index (χ4n) is 2.48. The van der Waals surface area contributed by atoms with Crippen molar-refractivity contribution >= 4 is 29.2 Å². The molecule has 1 aliphatic heterocycles. The smallest absolute Gasteiger partial charge is 0.335 e. The van der Waals surface area contributed by atoms with E-state index in [1.165, 1.54) is 0 Å². The number of hydrogen-bond acceptors (Lipinski definition) is 5. The van der Waals surface area contributed by atoms with E-state index in [2.05, 4.69) is 5.32 Å². The SMILES string of the molecule is O=C(COC(=O)[C@@H]1CCCO1)Nc1cc(Cl)ccc1Oc1ccccc1. The molecule has 2 aromatic carbocycles. The van der Waals surface area contributed by atoms with Crippen molar-refractivity contribution in [2.75, 3.05) is 18.5 Å². The second-order valence-electron chi connectivity index (χ2n) is 5.71. The molecule has 6 nitrogen and oxygen atoms in total. The molecule has 0 unspecified atom stereocenters. The molecule has 1 saturated heterocycles. The van der Waals surface area contributed by atoms with Gasteiger partial charge in [-0.25, -0.2) is 4.79 Å². The normalized spacial score (nSPS) is 16.1. The van der Waals surface area contributed by atoms with Crippen molar-refractivity contribution < 1.29 is 23.8 Å². The predicted octanol–water partition coefficient (Wildman–Crippen LogP) is 3.79. The summed E-state index contributed by atoms with van der Waals surface area (Å²) in [7, 11) is 0. The third-order valence-corrected chi connectivity index (χ3v) is 3.96. The molecule has 0 radical (unpaired) electrons. The number of benzene rings is 2. The Bertz CT molecular complexity index is 775. The van der Waals surface area contributed by atoms with Crippen molar-refractivity contribution in [3.8, 4) is 11.5 Å². The number of para-hydroxylation sites is 1. The molecule has 1 N–H and O–H groups in total. The van der Waals surface area contributed by atoms with E-state index in [1.807, 2.05) is 18.2 Å². The fraction of sp³-hybridized carbons (Fsp3) is 0.263. The number of amides is 1. The zero-order chi connectivity index (χ0) is 18.4. The van der Waals surface area contributed by atoms with E-state index in [1.54, 1.807) is 30.3 Å². The molecular formula is C19H18ClNO5. The summed E-state index contributed by atoms with van der Waals surface area (Å²) >= 11 is 6.01. The third kappa shape index (κ3) is 4.97. The van der Waals surface area contributed by atoms with Crippen LogP contribution in [0.1, 0.15) is 12.8 Å². The van der Waals surface area contributed by atoms with Crippen molar-refractivity contribution in [2.45, 2.75) is 18.9 Å². The lowest BCUT2D eigenvalue weighted by atomic mass is 10.2. The average molecular weight is 376 g/mol. The zero-order valence-electron chi connectivity index (χ0n) is 13.9. The van der Waals surface area contributed by atoms with E-state index in [-0.39, 0.29) is 0 Å². The number of esters is 1. The lowest BCUT2D eigenvalue weighted by Crippen LogP contribution is -2.27. The summed E-state index contributed by atoms with van der Waals surface area (Å²) in [5, 5.41) is 3.09. The number of nitrogens with one attached hydrogen (secondary N) is 1. The molecule has 1 fully saturated rings. The van der Waals surface area contributed by atoms with Gasteiger partial charge in [0.2, 0.25) is 0 Å². The standard InChI is InChI=1S/C19H18ClNO5/c20-13-8-9-16(26-14-5-2-1-3-6-14)15(11-13)21-18(22)12-25-19(23)17-7-4-10-24-17/h1-3,5-6,8-9,11,17H,4,7,10,12H2,(H,21,22)/t17-/m0/s1. The fourth-order valence-corrected chi connectivity index (χ4v) is 2.66. The molecule has 1 atom stereocenters. The van der Waals surface area contributed by atoms with Crippen molar-refractivity contribution in [1.29, 1.82) is 0 Å². The first kappa shape index (κ1) is 18.2. The van der Waals surface area contributed by atoms with Gasteiger partial charge in [-0.15, -0.1) is 0 Å². The molecule has 0 spiro atoms. The van der Waals surface area contributed by atoms with Gasteiger partial charge in [-0.05, 0) is 43.2 Å². The van der Waals surface area contributed by atoms with E-state index in [9.17, 15) is 9.59 Å². The number of ether oxygens (including phenoxy) is 3. The molecule has 7 heteroatoms. The van der Waals surface area contributed by atoms with E-state index >= 15 is 0 Å². The Hall–Kier alpha value is -2.57. The van der Waals surface area contributed by atoms with Crippen molar-refractivity contribution in [3.05, 3.63) is 53.6 Å². The highest BCUT2D eigenvalue weighted by molar-refractivity contribution is 6.31. The van der Waals surface area contributed by atoms with Gasteiger partial charge >= 0.3 is 5.97 Å². The van der Waals surface area contributed by atoms with Crippen LogP contribution in [0.15, 0.2) is 48.5 Å². The Morgan fingerprint density at radius 2 is 2.00 bits per heavy atom. The molecule has 1 heterocycles. The summed E-state index contributed by atoms with van der Waals surface area (Å²) < 4.78 is 16.0. The quantitative estimate of drug-likeness (QED) is 0.777. The minimum Gasteiger partial charge on any atom is -0.455 e. The Morgan fingerprint density at radius 1 is 1.19 bits per heavy atom. The summed E-state index contributed by atoms with van der Waals surface area (Å²) in [4.78, 5) is 23.9. The van der Waals surface area contributed by atoms with E-state index in [0.717, 1.165) is 6.42 Å². The Balaban J connectivity index is 1.61. The molecule has 0 aromatic heterocycles. The van der Waals surface area contributed by atoms with Gasteiger partial charge in [0.25, 0.3) is 5.91 Å². The number of rotatable bonds is 6. The van der Waals surface area contributed by atoms with Crippen molar-refractivity contribution in [1.82, 2.24) is 0 Å². The number of carbonyl (C=O) groups is 2. The molecular weight excluding hydrogens is 358 g/mol. The van der Waals surface area contributed by atoms with Gasteiger partial charge in [0.15, 0.2) is 18.5 Å². The maximum absolute atomic E-state index is 12.1. The molecule has 26 heavy (non-hydrogen) atoms. The summed E-state index contributed by atoms with van der Waals surface area (Å²) in [6.45, 7) is 0.130. The van der Waals surface area contributed by atoms with Crippen LogP contribution in [0.2, 0.25) is 5.02 Å². The molecule has 3 rings (SSSR count). The minimum atomic E-state index is -0.578. The lowest BCUT2D eigenvalue weighted by molar-refractivity contribution is -0.156. The van der Waals surface area contributed by atoms with Gasteiger partial charge < -0.3 is 19.5 Å². The van der Waals surface area contributed by atoms with Gasteiger partial charge in [-0.2, -0.15) is 0 Å². The van der Waals surface area contributed by atoms with Gasteiger partial charge in [-0.1, -0.05) is 29.8 Å². The summed E-state index contributed by atoms with van der Waals surface area (Å²) in [6, 6.07) is 14.0. The molecule has 0 aliphatic carbocycles. The number of carbonyl (C=O) groups excluding carboxylic acids is 2. The summed E-state index contributed by atoms with van der Waals surface area (Å²) in [6.07, 6.45) is 0.851. The van der Waals surface area contributed by atoms with Gasteiger partial charge in [0.05, 0.1) is 5.69 Å². The highest BCUT2D eigenvalue weighted by Crippen LogP contribution is 2.32. The average Bonchev–Trinajstić information content (AvgIpc) is 3.18. The lowest BCUT2D eigenvalue weighted by Gasteiger charge is -2.13. The largest absolute Gasteiger partial charge is 0.455 e. The van der Waals surface area contributed by atoms with Crippen molar-refractivity contribution in [2.24, 2.45) is 0 Å². The highest BCUT2D eigenvalue weighted by Gasteiger charge is 2.25. The topological polar surface area (TPSA) is 73.9 Å². The monoisotopic (exact) mass is 375 g/mol. The molecule has 1 aliphatic rings. The van der Waals surface area contributed by atoms with Gasteiger partial charge in [0.1, 0.15) is 5.75 Å². The van der Waals surface area contributed by atoms with Crippen LogP contribution in [0, 0.1) is 0 Å². The van der Waals surface area contributed by atoms with E-state index in [4.69, 9.17) is 25.8 Å². The second kappa shape index (κ2) is 8.69. The van der Waals surface area contributed by atoms with Crippen LogP contribution >= 0.6 is 11.6 Å². The van der Waals surface area contributed by atoms with E-state index < -0.39 is 24.6 Å². The predicted molar refractivity (Wildman–Crippen MR) is 96.5 cm³/mol. The number of anilines is 1. The first-order chi connectivity index (χ1) is 12.6. The Labute approximate surface area is 156 Å². The van der Waals surface area contributed by atoms with Crippen LogP contribution in [-0.2, 0) is 19.1 Å². The van der Waals surface area contributed by atoms with Crippen molar-refractivity contribution in [3.63, 3.8) is 0 Å². The van der Waals surface area contributed by atoms with Crippen LogP contribution in [0.25, 0.3) is 0 Å². The summed E-state index contributed by atoms with van der Waals surface area (Å²) in [5.74, 6) is 0.0376. The molecule has 0 bridgehead atoms. The molecule has 1 amide bonds. The van der Waals surface area contributed by atoms with Crippen LogP contribution < -0.4 is 10.1 Å². The van der Waals surface area contributed by atoms with Gasteiger partial charge in [-0.3, -0.25) is 4.79 Å². The van der Waals surface area contributed by atoms with E-state index in [0.29, 0.717) is 35.2 Å². The second-order valence-corrected chi connectivity index (χ2v) is 6.15.